The van der Waals surface area contributed by atoms with Gasteiger partial charge in [0.25, 0.3) is 0 Å². The summed E-state index contributed by atoms with van der Waals surface area (Å²) < 4.78 is 26.6. The van der Waals surface area contributed by atoms with E-state index in [9.17, 15) is 8.42 Å². The van der Waals surface area contributed by atoms with Crippen LogP contribution in [0.1, 0.15) is 20.8 Å². The van der Waals surface area contributed by atoms with Crippen LogP contribution in [0.25, 0.3) is 0 Å². The highest BCUT2D eigenvalue weighted by atomic mass is 127. The molecule has 1 aromatic rings. The van der Waals surface area contributed by atoms with Gasteiger partial charge in [-0.05, 0) is 32.2 Å². The molecule has 0 saturated carbocycles. The molecule has 6 nitrogen and oxygen atoms in total. The molecule has 0 aliphatic carbocycles. The standard InChI is InChI=1S/C12H22N4O2S2.HI/c1-4-13-12(16-10(2)3)14-7-8-15-20(17,18)11-6-5-9-19-11;/h5-6,9-10,15H,4,7-8H2,1-3H3,(H2,13,14,16);1H. The van der Waals surface area contributed by atoms with E-state index >= 15 is 0 Å². The number of hydrogen-bond acceptors (Lipinski definition) is 4. The predicted molar refractivity (Wildman–Crippen MR) is 99.2 cm³/mol. The SMILES string of the molecule is CCNC(=NCCNS(=O)(=O)c1cccs1)NC(C)C.I. The molecule has 3 N–H and O–H groups in total. The second kappa shape index (κ2) is 10.4. The highest BCUT2D eigenvalue weighted by Gasteiger charge is 2.13. The van der Waals surface area contributed by atoms with Crippen molar-refractivity contribution in [2.45, 2.75) is 31.0 Å². The van der Waals surface area contributed by atoms with Crippen LogP contribution < -0.4 is 15.4 Å². The van der Waals surface area contributed by atoms with Gasteiger partial charge in [-0.3, -0.25) is 4.99 Å². The van der Waals surface area contributed by atoms with Crippen LogP contribution >= 0.6 is 35.3 Å². The summed E-state index contributed by atoms with van der Waals surface area (Å²) in [4.78, 5) is 4.31. The highest BCUT2D eigenvalue weighted by molar-refractivity contribution is 14.0. The largest absolute Gasteiger partial charge is 0.357 e. The van der Waals surface area contributed by atoms with Gasteiger partial charge < -0.3 is 10.6 Å². The van der Waals surface area contributed by atoms with E-state index in [0.717, 1.165) is 6.54 Å². The lowest BCUT2D eigenvalue weighted by molar-refractivity contribution is 0.584. The first kappa shape index (κ1) is 20.6. The van der Waals surface area contributed by atoms with Gasteiger partial charge in [-0.25, -0.2) is 13.1 Å². The first-order chi connectivity index (χ1) is 9.45. The summed E-state index contributed by atoms with van der Waals surface area (Å²) >= 11 is 1.20. The Bertz CT molecular complexity index is 515. The van der Waals surface area contributed by atoms with Gasteiger partial charge in [-0.2, -0.15) is 0 Å². The average molecular weight is 446 g/mol. The van der Waals surface area contributed by atoms with Gasteiger partial charge in [0.15, 0.2) is 5.96 Å². The fourth-order valence-electron chi connectivity index (χ4n) is 1.43. The third-order valence-electron chi connectivity index (χ3n) is 2.20. The molecule has 0 aliphatic rings. The molecule has 1 rings (SSSR count). The molecule has 0 aromatic carbocycles. The van der Waals surface area contributed by atoms with Crippen LogP contribution in [0.3, 0.4) is 0 Å². The molecule has 122 valence electrons. The van der Waals surface area contributed by atoms with Crippen LogP contribution in [-0.4, -0.2) is 40.1 Å². The van der Waals surface area contributed by atoms with Gasteiger partial charge in [0.2, 0.25) is 10.0 Å². The van der Waals surface area contributed by atoms with E-state index < -0.39 is 10.0 Å². The topological polar surface area (TPSA) is 82.6 Å². The molecule has 0 bridgehead atoms. The fraction of sp³-hybridized carbons (Fsp3) is 0.583. The van der Waals surface area contributed by atoms with E-state index in [-0.39, 0.29) is 36.6 Å². The van der Waals surface area contributed by atoms with Gasteiger partial charge in [0.1, 0.15) is 4.21 Å². The van der Waals surface area contributed by atoms with Gasteiger partial charge in [-0.1, -0.05) is 6.07 Å². The van der Waals surface area contributed by atoms with Crippen molar-refractivity contribution >= 4 is 51.3 Å². The second-order valence-corrected chi connectivity index (χ2v) is 7.33. The number of rotatable bonds is 7. The summed E-state index contributed by atoms with van der Waals surface area (Å²) in [7, 11) is -3.39. The molecule has 0 atom stereocenters. The number of guanidine groups is 1. The van der Waals surface area contributed by atoms with E-state index in [4.69, 9.17) is 0 Å². The van der Waals surface area contributed by atoms with Crippen molar-refractivity contribution in [1.82, 2.24) is 15.4 Å². The molecule has 0 aliphatic heterocycles. The number of halogens is 1. The minimum Gasteiger partial charge on any atom is -0.357 e. The number of aliphatic imine (C=N–C) groups is 1. The summed E-state index contributed by atoms with van der Waals surface area (Å²) in [6.45, 7) is 7.44. The number of thiophene rings is 1. The third-order valence-corrected chi connectivity index (χ3v) is 5.06. The van der Waals surface area contributed by atoms with E-state index in [2.05, 4.69) is 20.3 Å². The molecule has 0 radical (unpaired) electrons. The summed E-state index contributed by atoms with van der Waals surface area (Å²) in [5, 5.41) is 8.01. The van der Waals surface area contributed by atoms with Crippen LogP contribution in [0.15, 0.2) is 26.7 Å². The van der Waals surface area contributed by atoms with Crippen LogP contribution in [-0.2, 0) is 10.0 Å². The van der Waals surface area contributed by atoms with E-state index in [1.807, 2.05) is 20.8 Å². The summed E-state index contributed by atoms with van der Waals surface area (Å²) in [6.07, 6.45) is 0. The zero-order valence-corrected chi connectivity index (χ0v) is 16.4. The number of sulfonamides is 1. The molecule has 9 heteroatoms. The number of hydrogen-bond donors (Lipinski definition) is 3. The lowest BCUT2D eigenvalue weighted by atomic mass is 10.4. The lowest BCUT2D eigenvalue weighted by Crippen LogP contribution is -2.41. The number of nitrogens with one attached hydrogen (secondary N) is 3. The predicted octanol–water partition coefficient (Wildman–Crippen LogP) is 1.61. The van der Waals surface area contributed by atoms with Crippen molar-refractivity contribution in [1.29, 1.82) is 0 Å². The maximum Gasteiger partial charge on any atom is 0.250 e. The molecule has 1 heterocycles. The van der Waals surface area contributed by atoms with Crippen LogP contribution in [0.4, 0.5) is 0 Å². The van der Waals surface area contributed by atoms with Crippen molar-refractivity contribution < 1.29 is 8.42 Å². The first-order valence-corrected chi connectivity index (χ1v) is 8.90. The normalized spacial score (nSPS) is 12.1. The summed E-state index contributed by atoms with van der Waals surface area (Å²) in [5.41, 5.74) is 0. The molecule has 0 spiro atoms. The third kappa shape index (κ3) is 7.98. The fourth-order valence-corrected chi connectivity index (χ4v) is 3.49. The van der Waals surface area contributed by atoms with E-state index in [1.165, 1.54) is 11.3 Å². The smallest absolute Gasteiger partial charge is 0.250 e. The highest BCUT2D eigenvalue weighted by Crippen LogP contribution is 2.14. The van der Waals surface area contributed by atoms with Crippen LogP contribution in [0, 0.1) is 0 Å². The van der Waals surface area contributed by atoms with Crippen molar-refractivity contribution in [2.75, 3.05) is 19.6 Å². The van der Waals surface area contributed by atoms with Crippen molar-refractivity contribution in [3.8, 4) is 0 Å². The maximum atomic E-state index is 11.9. The Hall–Kier alpha value is -0.390. The maximum absolute atomic E-state index is 11.9. The molecular weight excluding hydrogens is 423 g/mol. The molecule has 21 heavy (non-hydrogen) atoms. The van der Waals surface area contributed by atoms with Gasteiger partial charge in [0, 0.05) is 19.1 Å². The Morgan fingerprint density at radius 3 is 2.67 bits per heavy atom. The molecule has 1 aromatic heterocycles. The minimum atomic E-state index is -3.39. The minimum absolute atomic E-state index is 0. The average Bonchev–Trinajstić information content (AvgIpc) is 2.88. The Labute approximate surface area is 147 Å². The zero-order valence-electron chi connectivity index (χ0n) is 12.4. The van der Waals surface area contributed by atoms with E-state index in [1.54, 1.807) is 17.5 Å². The quantitative estimate of drug-likeness (QED) is 0.257. The lowest BCUT2D eigenvalue weighted by Gasteiger charge is -2.13. The van der Waals surface area contributed by atoms with E-state index in [0.29, 0.717) is 16.7 Å². The molecule has 0 saturated heterocycles. The van der Waals surface area contributed by atoms with Crippen molar-refractivity contribution in [2.24, 2.45) is 4.99 Å². The summed E-state index contributed by atoms with van der Waals surface area (Å²) in [5.74, 6) is 0.692. The Balaban J connectivity index is 0.00000400. The van der Waals surface area contributed by atoms with Crippen LogP contribution in [0.2, 0.25) is 0 Å². The van der Waals surface area contributed by atoms with Gasteiger partial charge in [0.05, 0.1) is 6.54 Å². The van der Waals surface area contributed by atoms with Crippen LogP contribution in [0.5, 0.6) is 0 Å². The molecule has 0 amide bonds. The monoisotopic (exact) mass is 446 g/mol. The summed E-state index contributed by atoms with van der Waals surface area (Å²) in [6, 6.07) is 3.57. The number of nitrogens with zero attached hydrogens (tertiary/aromatic N) is 1. The zero-order chi connectivity index (χ0) is 15.0. The molecular formula is C12H23IN4O2S2. The first-order valence-electron chi connectivity index (χ1n) is 6.53. The van der Waals surface area contributed by atoms with Gasteiger partial charge in [-0.15, -0.1) is 35.3 Å². The Kier molecular flexibility index (Phi) is 10.2. The second-order valence-electron chi connectivity index (χ2n) is 4.39. The van der Waals surface area contributed by atoms with Crippen molar-refractivity contribution in [3.05, 3.63) is 17.5 Å². The van der Waals surface area contributed by atoms with Crippen molar-refractivity contribution in [3.63, 3.8) is 0 Å². The Morgan fingerprint density at radius 2 is 2.14 bits per heavy atom. The molecule has 0 unspecified atom stereocenters. The Morgan fingerprint density at radius 1 is 1.43 bits per heavy atom. The molecule has 0 fully saturated rings. The van der Waals surface area contributed by atoms with Gasteiger partial charge >= 0.3 is 0 Å².